The van der Waals surface area contributed by atoms with E-state index in [1.54, 1.807) is 13.0 Å². The third-order valence-electron chi connectivity index (χ3n) is 6.81. The Balaban J connectivity index is 0.000000251. The number of carbonyl (C=O) groups excluding carboxylic acids is 2. The SMILES string of the molecule is CC.CCC1CCC(C(=O)Nc2cc3ccccc3[nH]2)CC1.CCc1c(C)cc(N)cc1C(C)=O. The molecule has 1 fully saturated rings. The summed E-state index contributed by atoms with van der Waals surface area (Å²) in [4.78, 5) is 26.8. The van der Waals surface area contributed by atoms with Gasteiger partial charge in [-0.25, -0.2) is 0 Å². The zero-order valence-electron chi connectivity index (χ0n) is 22.3. The summed E-state index contributed by atoms with van der Waals surface area (Å²) in [5.74, 6) is 2.09. The molecule has 4 rings (SSSR count). The Hall–Kier alpha value is -3.08. The highest BCUT2D eigenvalue weighted by atomic mass is 16.2. The summed E-state index contributed by atoms with van der Waals surface area (Å²) in [7, 11) is 0. The molecule has 1 amide bonds. The van der Waals surface area contributed by atoms with Crippen molar-refractivity contribution >= 4 is 34.1 Å². The van der Waals surface area contributed by atoms with Crippen molar-refractivity contribution in [3.63, 3.8) is 0 Å². The number of anilines is 2. The van der Waals surface area contributed by atoms with E-state index in [4.69, 9.17) is 5.73 Å². The zero-order chi connectivity index (χ0) is 26.0. The monoisotopic (exact) mass is 477 g/mol. The van der Waals surface area contributed by atoms with Crippen LogP contribution in [0.4, 0.5) is 11.5 Å². The molecular formula is C30H43N3O2. The molecule has 1 aliphatic rings. The molecule has 1 aromatic heterocycles. The number of hydrogen-bond acceptors (Lipinski definition) is 3. The van der Waals surface area contributed by atoms with Gasteiger partial charge in [-0.15, -0.1) is 0 Å². The van der Waals surface area contributed by atoms with Crippen LogP contribution in [0, 0.1) is 18.8 Å². The van der Waals surface area contributed by atoms with Crippen LogP contribution in [0.15, 0.2) is 42.5 Å². The molecule has 1 aliphatic carbocycles. The van der Waals surface area contributed by atoms with Gasteiger partial charge in [0, 0.05) is 28.1 Å². The fourth-order valence-electron chi connectivity index (χ4n) is 4.84. The number of Topliss-reactive ketones (excluding diaryl/α,β-unsaturated/α-hetero) is 1. The third kappa shape index (κ3) is 7.71. The smallest absolute Gasteiger partial charge is 0.228 e. The molecule has 5 heteroatoms. The molecule has 0 unspecified atom stereocenters. The molecule has 4 N–H and O–H groups in total. The normalized spacial score (nSPS) is 17.0. The van der Waals surface area contributed by atoms with Gasteiger partial charge in [0.1, 0.15) is 5.82 Å². The van der Waals surface area contributed by atoms with Crippen LogP contribution in [-0.4, -0.2) is 16.7 Å². The molecule has 1 heterocycles. The number of benzene rings is 2. The van der Waals surface area contributed by atoms with Gasteiger partial charge in [-0.3, -0.25) is 9.59 Å². The minimum absolute atomic E-state index is 0.0900. The van der Waals surface area contributed by atoms with E-state index in [-0.39, 0.29) is 17.6 Å². The third-order valence-corrected chi connectivity index (χ3v) is 6.81. The lowest BCUT2D eigenvalue weighted by Crippen LogP contribution is -2.27. The standard InChI is InChI=1S/C17H22N2O.C11H15NO.C2H6/c1-2-12-7-9-13(10-8-12)17(20)19-16-11-14-5-3-4-6-15(14)18-16;1-4-10-7(2)5-9(12)6-11(10)8(3)13;1-2/h3-6,11-13,18H,2,7-10H2,1H3,(H,19,20);5-6H,4,12H2,1-3H3;1-2H3. The van der Waals surface area contributed by atoms with Gasteiger partial charge < -0.3 is 16.0 Å². The van der Waals surface area contributed by atoms with Crippen LogP contribution in [-0.2, 0) is 11.2 Å². The number of aromatic amines is 1. The Labute approximate surface area is 210 Å². The van der Waals surface area contributed by atoms with Gasteiger partial charge in [0.15, 0.2) is 5.78 Å². The number of aryl methyl sites for hydroxylation is 1. The molecule has 5 nitrogen and oxygen atoms in total. The minimum atomic E-state index is 0.0900. The number of H-pyrrole nitrogens is 1. The van der Waals surface area contributed by atoms with E-state index in [9.17, 15) is 9.59 Å². The fourth-order valence-corrected chi connectivity index (χ4v) is 4.84. The number of rotatable bonds is 5. The first kappa shape index (κ1) is 28.2. The molecule has 0 aliphatic heterocycles. The van der Waals surface area contributed by atoms with Gasteiger partial charge >= 0.3 is 0 Å². The number of para-hydroxylation sites is 1. The maximum absolute atomic E-state index is 12.3. The quantitative estimate of drug-likeness (QED) is 0.260. The Morgan fingerprint density at radius 1 is 1.03 bits per heavy atom. The molecule has 0 radical (unpaired) electrons. The molecule has 35 heavy (non-hydrogen) atoms. The number of aromatic nitrogens is 1. The second-order valence-electron chi connectivity index (χ2n) is 9.16. The summed E-state index contributed by atoms with van der Waals surface area (Å²) in [6.45, 7) is 11.9. The van der Waals surface area contributed by atoms with Gasteiger partial charge in [0.25, 0.3) is 0 Å². The molecule has 0 atom stereocenters. The molecular weight excluding hydrogens is 434 g/mol. The lowest BCUT2D eigenvalue weighted by Gasteiger charge is -2.26. The number of amides is 1. The van der Waals surface area contributed by atoms with Gasteiger partial charge in [0.2, 0.25) is 5.91 Å². The van der Waals surface area contributed by atoms with Gasteiger partial charge in [-0.1, -0.05) is 52.3 Å². The number of ketones is 1. The maximum atomic E-state index is 12.3. The Bertz CT molecular complexity index is 1070. The zero-order valence-corrected chi connectivity index (χ0v) is 22.3. The predicted octanol–water partition coefficient (Wildman–Crippen LogP) is 7.69. The van der Waals surface area contributed by atoms with Crippen LogP contribution >= 0.6 is 0 Å². The van der Waals surface area contributed by atoms with E-state index in [1.807, 2.05) is 64.1 Å². The van der Waals surface area contributed by atoms with Gasteiger partial charge in [0.05, 0.1) is 0 Å². The van der Waals surface area contributed by atoms with Gasteiger partial charge in [-0.2, -0.15) is 0 Å². The summed E-state index contributed by atoms with van der Waals surface area (Å²) in [5, 5.41) is 4.18. The van der Waals surface area contributed by atoms with E-state index in [0.717, 1.165) is 58.6 Å². The van der Waals surface area contributed by atoms with Crippen LogP contribution in [0.1, 0.15) is 88.2 Å². The van der Waals surface area contributed by atoms with Crippen molar-refractivity contribution in [1.29, 1.82) is 0 Å². The molecule has 2 aromatic carbocycles. The number of hydrogen-bond donors (Lipinski definition) is 3. The fraction of sp³-hybridized carbons (Fsp3) is 0.467. The van der Waals surface area contributed by atoms with E-state index in [1.165, 1.54) is 19.3 Å². The van der Waals surface area contributed by atoms with Crippen molar-refractivity contribution < 1.29 is 9.59 Å². The lowest BCUT2D eigenvalue weighted by atomic mass is 9.80. The number of nitrogens with two attached hydrogens (primary N) is 1. The summed E-state index contributed by atoms with van der Waals surface area (Å²) in [6.07, 6.45) is 6.58. The summed E-state index contributed by atoms with van der Waals surface area (Å²) < 4.78 is 0. The average Bonchev–Trinajstić information content (AvgIpc) is 3.27. The number of nitrogens with one attached hydrogen (secondary N) is 2. The first-order valence-corrected chi connectivity index (χ1v) is 13.1. The summed E-state index contributed by atoms with van der Waals surface area (Å²) in [6, 6.07) is 13.7. The van der Waals surface area contributed by atoms with E-state index < -0.39 is 0 Å². The van der Waals surface area contributed by atoms with E-state index in [2.05, 4.69) is 17.2 Å². The summed E-state index contributed by atoms with van der Waals surface area (Å²) in [5.41, 5.74) is 10.4. The van der Waals surface area contributed by atoms with Crippen molar-refractivity contribution in [2.75, 3.05) is 11.1 Å². The van der Waals surface area contributed by atoms with Crippen molar-refractivity contribution in [3.05, 3.63) is 59.2 Å². The Morgan fingerprint density at radius 3 is 2.26 bits per heavy atom. The molecule has 1 saturated carbocycles. The van der Waals surface area contributed by atoms with Crippen LogP contribution in [0.2, 0.25) is 0 Å². The maximum Gasteiger partial charge on any atom is 0.228 e. The highest BCUT2D eigenvalue weighted by Crippen LogP contribution is 2.31. The second-order valence-corrected chi connectivity index (χ2v) is 9.16. The minimum Gasteiger partial charge on any atom is -0.399 e. The van der Waals surface area contributed by atoms with Crippen molar-refractivity contribution in [2.24, 2.45) is 11.8 Å². The highest BCUT2D eigenvalue weighted by molar-refractivity contribution is 5.97. The van der Waals surface area contributed by atoms with E-state index >= 15 is 0 Å². The highest BCUT2D eigenvalue weighted by Gasteiger charge is 2.25. The number of carbonyl (C=O) groups is 2. The number of nitrogen functional groups attached to an aromatic ring is 1. The van der Waals surface area contributed by atoms with Crippen molar-refractivity contribution in [2.45, 2.75) is 80.1 Å². The molecule has 3 aromatic rings. The van der Waals surface area contributed by atoms with Crippen LogP contribution in [0.25, 0.3) is 10.9 Å². The van der Waals surface area contributed by atoms with Crippen LogP contribution in [0.3, 0.4) is 0 Å². The predicted molar refractivity (Wildman–Crippen MR) is 149 cm³/mol. The first-order valence-electron chi connectivity index (χ1n) is 13.1. The van der Waals surface area contributed by atoms with Crippen molar-refractivity contribution in [3.8, 4) is 0 Å². The Kier molecular flexibility index (Phi) is 11.0. The van der Waals surface area contributed by atoms with Crippen LogP contribution in [0.5, 0.6) is 0 Å². The van der Waals surface area contributed by atoms with E-state index in [0.29, 0.717) is 5.69 Å². The van der Waals surface area contributed by atoms with Crippen molar-refractivity contribution in [1.82, 2.24) is 4.98 Å². The van der Waals surface area contributed by atoms with Crippen LogP contribution < -0.4 is 11.1 Å². The molecule has 0 bridgehead atoms. The van der Waals surface area contributed by atoms with Gasteiger partial charge in [-0.05, 0) is 87.3 Å². The molecule has 190 valence electrons. The first-order chi connectivity index (χ1) is 16.8. The summed E-state index contributed by atoms with van der Waals surface area (Å²) >= 11 is 0. The average molecular weight is 478 g/mol. The topological polar surface area (TPSA) is 88.0 Å². The number of fused-ring (bicyclic) bond motifs is 1. The second kappa shape index (κ2) is 13.7. The molecule has 0 spiro atoms. The largest absolute Gasteiger partial charge is 0.399 e. The lowest BCUT2D eigenvalue weighted by molar-refractivity contribution is -0.121. The molecule has 0 saturated heterocycles. The Morgan fingerprint density at radius 2 is 1.69 bits per heavy atom.